The molecule has 3 rings (SSSR count). The van der Waals surface area contributed by atoms with E-state index >= 15 is 0 Å². The Bertz CT molecular complexity index is 780. The van der Waals surface area contributed by atoms with Gasteiger partial charge in [-0.15, -0.1) is 10.2 Å². The Labute approximate surface area is 172 Å². The van der Waals surface area contributed by atoms with E-state index in [4.69, 9.17) is 16.3 Å². The Hall–Kier alpha value is -1.51. The number of amides is 1. The lowest BCUT2D eigenvalue weighted by molar-refractivity contribution is -0.115. The molecule has 0 saturated heterocycles. The van der Waals surface area contributed by atoms with Crippen molar-refractivity contribution in [2.45, 2.75) is 54.7 Å². The zero-order valence-electron chi connectivity index (χ0n) is 15.3. The van der Waals surface area contributed by atoms with Gasteiger partial charge in [0.25, 0.3) is 0 Å². The molecule has 2 N–H and O–H groups in total. The normalized spacial score (nSPS) is 16.0. The fourth-order valence-electron chi connectivity index (χ4n) is 2.95. The Morgan fingerprint density at radius 2 is 2.11 bits per heavy atom. The van der Waals surface area contributed by atoms with Crippen LogP contribution in [0, 0.1) is 0 Å². The maximum absolute atomic E-state index is 12.5. The van der Waals surface area contributed by atoms with E-state index in [-0.39, 0.29) is 11.2 Å². The highest BCUT2D eigenvalue weighted by molar-refractivity contribution is 8.02. The first-order valence-corrected chi connectivity index (χ1v) is 11.0. The molecule has 1 heterocycles. The van der Waals surface area contributed by atoms with E-state index in [0.717, 1.165) is 9.47 Å². The van der Waals surface area contributed by atoms with Gasteiger partial charge in [0.2, 0.25) is 11.0 Å². The fourth-order valence-corrected chi connectivity index (χ4v) is 5.10. The maximum atomic E-state index is 12.5. The number of hydrogen-bond acceptors (Lipinski definition) is 7. The van der Waals surface area contributed by atoms with Gasteiger partial charge in [-0.3, -0.25) is 4.79 Å². The van der Waals surface area contributed by atoms with E-state index in [2.05, 4.69) is 20.8 Å². The van der Waals surface area contributed by atoms with Crippen LogP contribution in [0.25, 0.3) is 0 Å². The fraction of sp³-hybridized carbons (Fsp3) is 0.500. The molecule has 27 heavy (non-hydrogen) atoms. The summed E-state index contributed by atoms with van der Waals surface area (Å²) in [6.07, 6.45) is 6.22. The number of thioether (sulfide) groups is 1. The van der Waals surface area contributed by atoms with Crippen molar-refractivity contribution in [3.63, 3.8) is 0 Å². The summed E-state index contributed by atoms with van der Waals surface area (Å²) in [5.74, 6) is 0.428. The van der Waals surface area contributed by atoms with Crippen molar-refractivity contribution in [3.8, 4) is 5.75 Å². The molecule has 1 atom stereocenters. The van der Waals surface area contributed by atoms with Crippen LogP contribution in [0.3, 0.4) is 0 Å². The predicted molar refractivity (Wildman–Crippen MR) is 112 cm³/mol. The molecule has 0 bridgehead atoms. The first kappa shape index (κ1) is 20.2. The van der Waals surface area contributed by atoms with E-state index < -0.39 is 0 Å². The van der Waals surface area contributed by atoms with Crippen molar-refractivity contribution in [1.29, 1.82) is 0 Å². The Morgan fingerprint density at radius 3 is 2.85 bits per heavy atom. The summed E-state index contributed by atoms with van der Waals surface area (Å²) in [7, 11) is 1.55. The van der Waals surface area contributed by atoms with Crippen LogP contribution in [0.4, 0.5) is 10.8 Å². The molecule has 0 aliphatic heterocycles. The molecular formula is C18H23ClN4O2S2. The van der Waals surface area contributed by atoms with Crippen molar-refractivity contribution in [2.24, 2.45) is 0 Å². The SMILES string of the molecule is COc1ccc(Cl)cc1NC(=O)C(C)Sc1nnc(NC2CCCCC2)s1. The molecule has 1 amide bonds. The van der Waals surface area contributed by atoms with Crippen molar-refractivity contribution in [1.82, 2.24) is 10.2 Å². The first-order valence-electron chi connectivity index (χ1n) is 8.96. The third-order valence-electron chi connectivity index (χ3n) is 4.41. The maximum Gasteiger partial charge on any atom is 0.237 e. The van der Waals surface area contributed by atoms with E-state index in [1.54, 1.807) is 25.3 Å². The molecule has 1 fully saturated rings. The van der Waals surface area contributed by atoms with Gasteiger partial charge in [0.1, 0.15) is 5.75 Å². The number of carbonyl (C=O) groups excluding carboxylic acids is 1. The van der Waals surface area contributed by atoms with Gasteiger partial charge in [-0.25, -0.2) is 0 Å². The van der Waals surface area contributed by atoms with Gasteiger partial charge in [-0.05, 0) is 38.0 Å². The van der Waals surface area contributed by atoms with Gasteiger partial charge < -0.3 is 15.4 Å². The molecule has 0 spiro atoms. The van der Waals surface area contributed by atoms with Crippen LogP contribution in [0.5, 0.6) is 5.75 Å². The van der Waals surface area contributed by atoms with Crippen LogP contribution in [-0.2, 0) is 4.79 Å². The largest absolute Gasteiger partial charge is 0.495 e. The van der Waals surface area contributed by atoms with Gasteiger partial charge in [-0.2, -0.15) is 0 Å². The summed E-state index contributed by atoms with van der Waals surface area (Å²) in [5, 5.41) is 15.8. The summed E-state index contributed by atoms with van der Waals surface area (Å²) in [5.41, 5.74) is 0.555. The number of ether oxygens (including phenoxy) is 1. The monoisotopic (exact) mass is 426 g/mol. The lowest BCUT2D eigenvalue weighted by Crippen LogP contribution is -2.22. The molecule has 2 aromatic rings. The number of anilines is 2. The van der Waals surface area contributed by atoms with Crippen LogP contribution in [-0.4, -0.2) is 34.5 Å². The lowest BCUT2D eigenvalue weighted by atomic mass is 9.96. The van der Waals surface area contributed by atoms with Crippen molar-refractivity contribution >= 4 is 51.4 Å². The molecule has 1 aliphatic carbocycles. The number of halogens is 1. The highest BCUT2D eigenvalue weighted by atomic mass is 35.5. The summed E-state index contributed by atoms with van der Waals surface area (Å²) in [4.78, 5) is 12.5. The quantitative estimate of drug-likeness (QED) is 0.602. The summed E-state index contributed by atoms with van der Waals surface area (Å²) in [6, 6.07) is 5.60. The number of nitrogens with zero attached hydrogens (tertiary/aromatic N) is 2. The second-order valence-electron chi connectivity index (χ2n) is 6.45. The zero-order chi connectivity index (χ0) is 19.2. The van der Waals surface area contributed by atoms with Crippen LogP contribution < -0.4 is 15.4 Å². The number of carbonyl (C=O) groups is 1. The third-order valence-corrected chi connectivity index (χ3v) is 6.68. The Kier molecular flexibility index (Phi) is 7.20. The van der Waals surface area contributed by atoms with Crippen molar-refractivity contribution in [2.75, 3.05) is 17.7 Å². The summed E-state index contributed by atoms with van der Waals surface area (Å²) >= 11 is 8.90. The molecule has 1 saturated carbocycles. The number of rotatable bonds is 7. The predicted octanol–water partition coefficient (Wildman–Crippen LogP) is 5.06. The van der Waals surface area contributed by atoms with Gasteiger partial charge >= 0.3 is 0 Å². The lowest BCUT2D eigenvalue weighted by Gasteiger charge is -2.21. The van der Waals surface area contributed by atoms with Gasteiger partial charge in [0.15, 0.2) is 4.34 Å². The van der Waals surface area contributed by atoms with E-state index in [1.807, 2.05) is 6.92 Å². The number of methoxy groups -OCH3 is 1. The highest BCUT2D eigenvalue weighted by Gasteiger charge is 2.20. The average Bonchev–Trinajstić information content (AvgIpc) is 3.09. The smallest absolute Gasteiger partial charge is 0.237 e. The third kappa shape index (κ3) is 5.73. The summed E-state index contributed by atoms with van der Waals surface area (Å²) < 4.78 is 6.04. The van der Waals surface area contributed by atoms with Crippen LogP contribution >= 0.6 is 34.7 Å². The van der Waals surface area contributed by atoms with Crippen LogP contribution in [0.15, 0.2) is 22.5 Å². The summed E-state index contributed by atoms with van der Waals surface area (Å²) in [6.45, 7) is 1.84. The van der Waals surface area contributed by atoms with Gasteiger partial charge in [0.05, 0.1) is 18.0 Å². The van der Waals surface area contributed by atoms with Crippen LogP contribution in [0.2, 0.25) is 5.02 Å². The molecular weight excluding hydrogens is 404 g/mol. The molecule has 6 nitrogen and oxygen atoms in total. The number of nitrogens with one attached hydrogen (secondary N) is 2. The molecule has 1 unspecified atom stereocenters. The molecule has 0 radical (unpaired) electrons. The first-order chi connectivity index (χ1) is 13.0. The highest BCUT2D eigenvalue weighted by Crippen LogP contribution is 2.32. The number of benzene rings is 1. The van der Waals surface area contributed by atoms with E-state index in [9.17, 15) is 4.79 Å². The van der Waals surface area contributed by atoms with Crippen molar-refractivity contribution in [3.05, 3.63) is 23.2 Å². The standard InChI is InChI=1S/C18H23ClN4O2S2/c1-11(16(24)21-14-10-12(19)8-9-15(14)25-2)26-18-23-22-17(27-18)20-13-6-4-3-5-7-13/h8-11,13H,3-7H2,1-2H3,(H,20,22)(H,21,24). The molecule has 1 aliphatic rings. The Morgan fingerprint density at radius 1 is 1.33 bits per heavy atom. The van der Waals surface area contributed by atoms with Crippen LogP contribution in [0.1, 0.15) is 39.0 Å². The van der Waals surface area contributed by atoms with E-state index in [0.29, 0.717) is 22.5 Å². The minimum absolute atomic E-state index is 0.141. The average molecular weight is 427 g/mol. The molecule has 146 valence electrons. The van der Waals surface area contributed by atoms with E-state index in [1.165, 1.54) is 55.2 Å². The topological polar surface area (TPSA) is 76.1 Å². The molecule has 1 aromatic carbocycles. The Balaban J connectivity index is 1.56. The van der Waals surface area contributed by atoms with Gasteiger partial charge in [-0.1, -0.05) is 54.0 Å². The number of hydrogen-bond donors (Lipinski definition) is 2. The minimum Gasteiger partial charge on any atom is -0.495 e. The minimum atomic E-state index is -0.329. The zero-order valence-corrected chi connectivity index (χ0v) is 17.7. The second-order valence-corrected chi connectivity index (χ2v) is 9.45. The number of aromatic nitrogens is 2. The molecule has 9 heteroatoms. The molecule has 1 aromatic heterocycles. The van der Waals surface area contributed by atoms with Crippen molar-refractivity contribution < 1.29 is 9.53 Å². The second kappa shape index (κ2) is 9.61. The van der Waals surface area contributed by atoms with Gasteiger partial charge in [0, 0.05) is 11.1 Å².